The van der Waals surface area contributed by atoms with E-state index >= 15 is 0 Å². The fourth-order valence-electron chi connectivity index (χ4n) is 1.86. The zero-order chi connectivity index (χ0) is 15.6. The summed E-state index contributed by atoms with van der Waals surface area (Å²) >= 11 is 6.09. The first kappa shape index (κ1) is 17.4. The van der Waals surface area contributed by atoms with E-state index in [0.717, 1.165) is 5.56 Å². The summed E-state index contributed by atoms with van der Waals surface area (Å²) < 4.78 is 26.8. The van der Waals surface area contributed by atoms with Gasteiger partial charge in [0.2, 0.25) is 10.0 Å². The molecule has 0 saturated carbocycles. The molecular weight excluding hydrogens is 296 g/mol. The molecule has 0 amide bonds. The minimum Gasteiger partial charge on any atom is -0.330 e. The Kier molecular flexibility index (Phi) is 5.61. The van der Waals surface area contributed by atoms with E-state index < -0.39 is 10.0 Å². The Morgan fingerprint density at radius 1 is 1.35 bits per heavy atom. The quantitative estimate of drug-likeness (QED) is 0.877. The van der Waals surface area contributed by atoms with Crippen LogP contribution in [0.1, 0.15) is 26.3 Å². The van der Waals surface area contributed by atoms with Crippen LogP contribution in [-0.4, -0.2) is 32.4 Å². The third-order valence-corrected chi connectivity index (χ3v) is 5.62. The van der Waals surface area contributed by atoms with Gasteiger partial charge in [0.1, 0.15) is 4.90 Å². The number of sulfonamides is 1. The maximum absolute atomic E-state index is 12.7. The van der Waals surface area contributed by atoms with E-state index in [1.54, 1.807) is 18.2 Å². The molecule has 0 aliphatic rings. The predicted octanol–water partition coefficient (Wildman–Crippen LogP) is 2.64. The Morgan fingerprint density at radius 2 is 1.95 bits per heavy atom. The SMILES string of the molecule is CCN(CC(C)(C)CN)S(=O)(=O)c1ccc(C)cc1Cl. The van der Waals surface area contributed by atoms with Crippen LogP contribution in [0.5, 0.6) is 0 Å². The molecule has 0 aromatic heterocycles. The lowest BCUT2D eigenvalue weighted by Crippen LogP contribution is -2.42. The number of halogens is 1. The monoisotopic (exact) mass is 318 g/mol. The summed E-state index contributed by atoms with van der Waals surface area (Å²) in [6, 6.07) is 4.97. The van der Waals surface area contributed by atoms with E-state index in [1.807, 2.05) is 27.7 Å². The van der Waals surface area contributed by atoms with Gasteiger partial charge in [-0.2, -0.15) is 4.31 Å². The molecule has 0 atom stereocenters. The van der Waals surface area contributed by atoms with E-state index in [1.165, 1.54) is 4.31 Å². The highest BCUT2D eigenvalue weighted by atomic mass is 35.5. The van der Waals surface area contributed by atoms with Crippen molar-refractivity contribution in [2.75, 3.05) is 19.6 Å². The predicted molar refractivity (Wildman–Crippen MR) is 83.5 cm³/mol. The highest BCUT2D eigenvalue weighted by Gasteiger charge is 2.30. The molecule has 6 heteroatoms. The molecule has 0 bridgehead atoms. The van der Waals surface area contributed by atoms with E-state index in [-0.39, 0.29) is 15.3 Å². The number of nitrogens with two attached hydrogens (primary N) is 1. The molecular formula is C14H23ClN2O2S. The second kappa shape index (κ2) is 6.43. The van der Waals surface area contributed by atoms with Crippen LogP contribution < -0.4 is 5.73 Å². The van der Waals surface area contributed by atoms with Crippen molar-refractivity contribution in [1.82, 2.24) is 4.31 Å². The van der Waals surface area contributed by atoms with Gasteiger partial charge in [0.05, 0.1) is 5.02 Å². The third kappa shape index (κ3) is 3.95. The Balaban J connectivity index is 3.19. The molecule has 1 aromatic carbocycles. The smallest absolute Gasteiger partial charge is 0.244 e. The maximum Gasteiger partial charge on any atom is 0.244 e. The number of benzene rings is 1. The molecule has 0 fully saturated rings. The average molecular weight is 319 g/mol. The fraction of sp³-hybridized carbons (Fsp3) is 0.571. The highest BCUT2D eigenvalue weighted by Crippen LogP contribution is 2.27. The second-order valence-electron chi connectivity index (χ2n) is 5.73. The van der Waals surface area contributed by atoms with Gasteiger partial charge < -0.3 is 5.73 Å². The van der Waals surface area contributed by atoms with Crippen LogP contribution in [0.25, 0.3) is 0 Å². The summed E-state index contributed by atoms with van der Waals surface area (Å²) in [7, 11) is -3.60. The van der Waals surface area contributed by atoms with Gasteiger partial charge in [0.15, 0.2) is 0 Å². The lowest BCUT2D eigenvalue weighted by Gasteiger charge is -2.30. The van der Waals surface area contributed by atoms with Crippen molar-refractivity contribution >= 4 is 21.6 Å². The van der Waals surface area contributed by atoms with Gasteiger partial charge >= 0.3 is 0 Å². The van der Waals surface area contributed by atoms with Crippen molar-refractivity contribution in [3.8, 4) is 0 Å². The summed E-state index contributed by atoms with van der Waals surface area (Å²) in [4.78, 5) is 0.152. The second-order valence-corrected chi connectivity index (χ2v) is 8.05. The topological polar surface area (TPSA) is 63.4 Å². The molecule has 0 aliphatic heterocycles. The van der Waals surface area contributed by atoms with Crippen LogP contribution in [0.3, 0.4) is 0 Å². The molecule has 1 aromatic rings. The Bertz CT molecular complexity index is 571. The molecule has 1 rings (SSSR count). The largest absolute Gasteiger partial charge is 0.330 e. The van der Waals surface area contributed by atoms with Gasteiger partial charge in [-0.25, -0.2) is 8.42 Å². The van der Waals surface area contributed by atoms with Gasteiger partial charge in [0, 0.05) is 13.1 Å². The van der Waals surface area contributed by atoms with Crippen LogP contribution in [0, 0.1) is 12.3 Å². The normalized spacial score (nSPS) is 12.9. The standard InChI is InChI=1S/C14H23ClN2O2S/c1-5-17(10-14(3,4)9-16)20(18,19)13-7-6-11(2)8-12(13)15/h6-8H,5,9-10,16H2,1-4H3. The number of hydrogen-bond donors (Lipinski definition) is 1. The van der Waals surface area contributed by atoms with Gasteiger partial charge in [-0.3, -0.25) is 0 Å². The van der Waals surface area contributed by atoms with Crippen molar-refractivity contribution in [2.24, 2.45) is 11.1 Å². The van der Waals surface area contributed by atoms with Crippen molar-refractivity contribution in [3.05, 3.63) is 28.8 Å². The first-order valence-electron chi connectivity index (χ1n) is 6.60. The first-order valence-corrected chi connectivity index (χ1v) is 8.42. The summed E-state index contributed by atoms with van der Waals surface area (Å²) in [6.45, 7) is 8.75. The van der Waals surface area contributed by atoms with E-state index in [2.05, 4.69) is 0 Å². The van der Waals surface area contributed by atoms with E-state index in [9.17, 15) is 8.42 Å². The Hall–Kier alpha value is -0.620. The van der Waals surface area contributed by atoms with Gasteiger partial charge in [0.25, 0.3) is 0 Å². The van der Waals surface area contributed by atoms with Gasteiger partial charge in [-0.05, 0) is 36.6 Å². The van der Waals surface area contributed by atoms with Crippen molar-refractivity contribution in [3.63, 3.8) is 0 Å². The number of rotatable bonds is 6. The summed E-state index contributed by atoms with van der Waals surface area (Å²) in [5.41, 5.74) is 6.35. The molecule has 20 heavy (non-hydrogen) atoms. The molecule has 114 valence electrons. The molecule has 0 heterocycles. The van der Waals surface area contributed by atoms with Crippen LogP contribution in [0.2, 0.25) is 5.02 Å². The zero-order valence-corrected chi connectivity index (χ0v) is 14.1. The lowest BCUT2D eigenvalue weighted by molar-refractivity contribution is 0.273. The average Bonchev–Trinajstić information content (AvgIpc) is 2.35. The van der Waals surface area contributed by atoms with Crippen LogP contribution >= 0.6 is 11.6 Å². The summed E-state index contributed by atoms with van der Waals surface area (Å²) in [5.74, 6) is 0. The summed E-state index contributed by atoms with van der Waals surface area (Å²) in [5, 5.41) is 0.258. The number of hydrogen-bond acceptors (Lipinski definition) is 3. The molecule has 0 unspecified atom stereocenters. The first-order chi connectivity index (χ1) is 9.14. The zero-order valence-electron chi connectivity index (χ0n) is 12.5. The maximum atomic E-state index is 12.7. The van der Waals surface area contributed by atoms with Crippen molar-refractivity contribution < 1.29 is 8.42 Å². The Labute approximate surface area is 127 Å². The van der Waals surface area contributed by atoms with Crippen LogP contribution in [0.15, 0.2) is 23.1 Å². The summed E-state index contributed by atoms with van der Waals surface area (Å²) in [6.07, 6.45) is 0. The molecule has 0 saturated heterocycles. The van der Waals surface area contributed by atoms with Gasteiger partial charge in [-0.1, -0.05) is 38.4 Å². The molecule has 0 spiro atoms. The van der Waals surface area contributed by atoms with Crippen LogP contribution in [0.4, 0.5) is 0 Å². The van der Waals surface area contributed by atoms with E-state index in [4.69, 9.17) is 17.3 Å². The van der Waals surface area contributed by atoms with Crippen LogP contribution in [-0.2, 0) is 10.0 Å². The Morgan fingerprint density at radius 3 is 2.40 bits per heavy atom. The third-order valence-electron chi connectivity index (χ3n) is 3.21. The van der Waals surface area contributed by atoms with E-state index in [0.29, 0.717) is 19.6 Å². The molecule has 4 nitrogen and oxygen atoms in total. The minimum absolute atomic E-state index is 0.152. The molecule has 0 aliphatic carbocycles. The highest BCUT2D eigenvalue weighted by molar-refractivity contribution is 7.89. The number of nitrogens with zero attached hydrogens (tertiary/aromatic N) is 1. The minimum atomic E-state index is -3.60. The van der Waals surface area contributed by atoms with Gasteiger partial charge in [-0.15, -0.1) is 0 Å². The van der Waals surface area contributed by atoms with Crippen molar-refractivity contribution in [2.45, 2.75) is 32.6 Å². The van der Waals surface area contributed by atoms with Crippen molar-refractivity contribution in [1.29, 1.82) is 0 Å². The lowest BCUT2D eigenvalue weighted by atomic mass is 9.94. The molecule has 2 N–H and O–H groups in total. The fourth-order valence-corrected chi connectivity index (χ4v) is 4.07. The molecule has 0 radical (unpaired) electrons. The number of aryl methyl sites for hydroxylation is 1.